The molecule has 5 rings (SSSR count). The van der Waals surface area contributed by atoms with Gasteiger partial charge < -0.3 is 20.5 Å². The van der Waals surface area contributed by atoms with Crippen molar-refractivity contribution in [3.05, 3.63) is 35.8 Å². The number of carboxylic acid groups (broad SMARTS) is 1. The number of anilines is 3. The third-order valence-corrected chi connectivity index (χ3v) is 7.17. The van der Waals surface area contributed by atoms with Gasteiger partial charge in [-0.05, 0) is 45.4 Å². The Hall–Kier alpha value is -3.41. The number of rotatable bonds is 6. The van der Waals surface area contributed by atoms with E-state index >= 15 is 0 Å². The summed E-state index contributed by atoms with van der Waals surface area (Å²) in [6.45, 7) is 3.01. The van der Waals surface area contributed by atoms with E-state index in [0.717, 1.165) is 12.8 Å². The molecule has 0 spiro atoms. The van der Waals surface area contributed by atoms with Gasteiger partial charge in [0, 0.05) is 37.4 Å². The third-order valence-electron chi connectivity index (χ3n) is 7.17. The number of aromatic nitrogens is 4. The van der Waals surface area contributed by atoms with E-state index in [-0.39, 0.29) is 18.0 Å². The molecule has 1 saturated carbocycles. The molecule has 3 N–H and O–H groups in total. The Labute approximate surface area is 205 Å². The fourth-order valence-electron chi connectivity index (χ4n) is 4.90. The largest absolute Gasteiger partial charge is 0.481 e. The normalized spacial score (nSPS) is 23.1. The number of fused-ring (bicyclic) bond motifs is 1. The van der Waals surface area contributed by atoms with Crippen molar-refractivity contribution in [3.8, 4) is 0 Å². The van der Waals surface area contributed by atoms with Gasteiger partial charge >= 0.3 is 5.97 Å². The maximum atomic E-state index is 14.4. The molecule has 0 amide bonds. The van der Waals surface area contributed by atoms with Gasteiger partial charge in [0.2, 0.25) is 11.9 Å². The lowest BCUT2D eigenvalue weighted by Gasteiger charge is -2.35. The van der Waals surface area contributed by atoms with Gasteiger partial charge in [-0.3, -0.25) is 9.36 Å². The Balaban J connectivity index is 1.53. The summed E-state index contributed by atoms with van der Waals surface area (Å²) in [5.41, 5.74) is -0.522. The van der Waals surface area contributed by atoms with Gasteiger partial charge in [-0.25, -0.2) is 23.1 Å². The average molecular weight is 505 g/mol. The summed E-state index contributed by atoms with van der Waals surface area (Å²) in [5, 5.41) is 15.6. The van der Waals surface area contributed by atoms with Gasteiger partial charge in [0.25, 0.3) is 0 Å². The van der Waals surface area contributed by atoms with E-state index in [4.69, 9.17) is 4.74 Å². The summed E-state index contributed by atoms with van der Waals surface area (Å²) >= 11 is 0. The van der Waals surface area contributed by atoms with Crippen LogP contribution in [-0.2, 0) is 9.53 Å². The molecule has 9 nitrogen and oxygen atoms in total. The topological polar surface area (TPSA) is 114 Å². The predicted octanol–water partition coefficient (Wildman–Crippen LogP) is 4.78. The molecule has 36 heavy (non-hydrogen) atoms. The predicted molar refractivity (Wildman–Crippen MR) is 126 cm³/mol. The molecular weight excluding hydrogens is 477 g/mol. The number of aliphatic carboxylic acids is 1. The van der Waals surface area contributed by atoms with E-state index in [0.29, 0.717) is 68.1 Å². The van der Waals surface area contributed by atoms with Crippen LogP contribution in [0.15, 0.2) is 18.3 Å². The summed E-state index contributed by atoms with van der Waals surface area (Å²) in [6.07, 6.45) is 5.01. The molecule has 3 heterocycles. The second-order valence-corrected chi connectivity index (χ2v) is 9.71. The molecule has 0 bridgehead atoms. The average Bonchev–Trinajstić information content (AvgIpc) is 3.20. The second-order valence-electron chi connectivity index (χ2n) is 9.71. The minimum Gasteiger partial charge on any atom is -0.481 e. The van der Waals surface area contributed by atoms with Crippen molar-refractivity contribution in [1.82, 2.24) is 19.5 Å². The summed E-state index contributed by atoms with van der Waals surface area (Å²) in [6, 6.07) is 1.11. The molecule has 0 radical (unpaired) electrons. The Morgan fingerprint density at radius 2 is 1.78 bits per heavy atom. The van der Waals surface area contributed by atoms with Crippen LogP contribution in [0.2, 0.25) is 0 Å². The highest BCUT2D eigenvalue weighted by Gasteiger charge is 2.39. The summed E-state index contributed by atoms with van der Waals surface area (Å²) in [5.74, 6) is -3.56. The number of hydrogen-bond acceptors (Lipinski definition) is 7. The molecule has 0 unspecified atom stereocenters. The SMILES string of the molecule is C[C@]1(C(=O)O)CC[C@@H](n2c(Nc3c(F)cc(F)cc3F)nc3cnc(NC4CCOCC4)nc32)CC1. The van der Waals surface area contributed by atoms with Gasteiger partial charge in [-0.2, -0.15) is 4.98 Å². The fraction of sp³-hybridized carbons (Fsp3) is 0.500. The van der Waals surface area contributed by atoms with Gasteiger partial charge in [-0.15, -0.1) is 0 Å². The lowest BCUT2D eigenvalue weighted by molar-refractivity contribution is -0.150. The standard InChI is InChI=1S/C24H27F3N6O3/c1-24(21(34)35)6-2-15(3-7-24)33-20-18(12-28-22(32-20)29-14-4-8-36-9-5-14)30-23(33)31-19-16(26)10-13(25)11-17(19)27/h10-12,14-15H,2-9H2,1H3,(H,30,31)(H,34,35)(H,28,29,32)/t15-,24+. The zero-order valence-electron chi connectivity index (χ0n) is 19.7. The number of benzene rings is 1. The summed E-state index contributed by atoms with van der Waals surface area (Å²) in [4.78, 5) is 25.3. The number of carbonyl (C=O) groups is 1. The molecule has 2 aliphatic rings. The van der Waals surface area contributed by atoms with E-state index in [9.17, 15) is 23.1 Å². The maximum Gasteiger partial charge on any atom is 0.309 e. The molecule has 2 fully saturated rings. The number of carboxylic acids is 1. The quantitative estimate of drug-likeness (QED) is 0.439. The van der Waals surface area contributed by atoms with Gasteiger partial charge in [0.05, 0.1) is 11.6 Å². The first-order valence-corrected chi connectivity index (χ1v) is 12.0. The molecule has 192 valence electrons. The van der Waals surface area contributed by atoms with Crippen LogP contribution in [0.5, 0.6) is 0 Å². The number of halogens is 3. The maximum absolute atomic E-state index is 14.4. The van der Waals surface area contributed by atoms with Crippen LogP contribution in [-0.4, -0.2) is 49.9 Å². The molecule has 3 aromatic rings. The van der Waals surface area contributed by atoms with E-state index in [1.165, 1.54) is 6.20 Å². The Kier molecular flexibility index (Phi) is 6.45. The third kappa shape index (κ3) is 4.69. The van der Waals surface area contributed by atoms with E-state index in [1.54, 1.807) is 11.5 Å². The number of imidazole rings is 1. The molecule has 12 heteroatoms. The lowest BCUT2D eigenvalue weighted by Crippen LogP contribution is -2.33. The summed E-state index contributed by atoms with van der Waals surface area (Å²) in [7, 11) is 0. The fourth-order valence-corrected chi connectivity index (χ4v) is 4.90. The monoisotopic (exact) mass is 504 g/mol. The number of ether oxygens (including phenoxy) is 1. The van der Waals surface area contributed by atoms with Crippen molar-refractivity contribution in [2.75, 3.05) is 23.8 Å². The highest BCUT2D eigenvalue weighted by molar-refractivity contribution is 5.77. The summed E-state index contributed by atoms with van der Waals surface area (Å²) < 4.78 is 49.5. The van der Waals surface area contributed by atoms with E-state index in [2.05, 4.69) is 25.6 Å². The molecule has 1 aliphatic carbocycles. The minimum absolute atomic E-state index is 0.121. The van der Waals surface area contributed by atoms with E-state index < -0.39 is 34.5 Å². The second kappa shape index (κ2) is 9.57. The van der Waals surface area contributed by atoms with Crippen molar-refractivity contribution >= 4 is 34.7 Å². The zero-order valence-corrected chi connectivity index (χ0v) is 19.7. The van der Waals surface area contributed by atoms with Crippen LogP contribution >= 0.6 is 0 Å². The highest BCUT2D eigenvalue weighted by Crippen LogP contribution is 2.43. The van der Waals surface area contributed by atoms with Crippen molar-refractivity contribution in [2.24, 2.45) is 5.41 Å². The van der Waals surface area contributed by atoms with E-state index in [1.807, 2.05) is 0 Å². The Bertz CT molecular complexity index is 1260. The lowest BCUT2D eigenvalue weighted by atomic mass is 9.74. The first-order chi connectivity index (χ1) is 17.2. The molecule has 0 atom stereocenters. The molecular formula is C24H27F3N6O3. The first kappa shape index (κ1) is 24.3. The van der Waals surface area contributed by atoms with Gasteiger partial charge in [-0.1, -0.05) is 0 Å². The highest BCUT2D eigenvalue weighted by atomic mass is 19.1. The molecule has 1 aliphatic heterocycles. The van der Waals surface area contributed by atoms with Crippen molar-refractivity contribution < 1.29 is 27.8 Å². The Morgan fingerprint density at radius 3 is 2.42 bits per heavy atom. The van der Waals surface area contributed by atoms with Crippen LogP contribution in [0.1, 0.15) is 51.5 Å². The molecule has 1 aromatic carbocycles. The number of nitrogens with zero attached hydrogens (tertiary/aromatic N) is 4. The smallest absolute Gasteiger partial charge is 0.309 e. The molecule has 2 aromatic heterocycles. The van der Waals surface area contributed by atoms with Crippen molar-refractivity contribution in [3.63, 3.8) is 0 Å². The Morgan fingerprint density at radius 1 is 1.11 bits per heavy atom. The van der Waals surface area contributed by atoms with Crippen LogP contribution in [0.4, 0.5) is 30.8 Å². The van der Waals surface area contributed by atoms with Crippen LogP contribution in [0.25, 0.3) is 11.2 Å². The van der Waals surface area contributed by atoms with Crippen LogP contribution in [0.3, 0.4) is 0 Å². The van der Waals surface area contributed by atoms with Gasteiger partial charge in [0.15, 0.2) is 17.3 Å². The first-order valence-electron chi connectivity index (χ1n) is 12.0. The number of nitrogens with one attached hydrogen (secondary N) is 2. The van der Waals surface area contributed by atoms with Gasteiger partial charge in [0.1, 0.15) is 17.0 Å². The molecule has 1 saturated heterocycles. The van der Waals surface area contributed by atoms with Crippen molar-refractivity contribution in [1.29, 1.82) is 0 Å². The van der Waals surface area contributed by atoms with Crippen LogP contribution in [0, 0.1) is 22.9 Å². The number of hydrogen-bond donors (Lipinski definition) is 3. The van der Waals surface area contributed by atoms with Crippen molar-refractivity contribution in [2.45, 2.75) is 57.5 Å². The zero-order chi connectivity index (χ0) is 25.4. The van der Waals surface area contributed by atoms with Crippen LogP contribution < -0.4 is 10.6 Å². The minimum atomic E-state index is -1.10.